The summed E-state index contributed by atoms with van der Waals surface area (Å²) in [6.45, 7) is 100. The summed E-state index contributed by atoms with van der Waals surface area (Å²) in [5.41, 5.74) is 7.14. The third kappa shape index (κ3) is 39.8. The Morgan fingerprint density at radius 1 is 0.353 bits per heavy atom. The van der Waals surface area contributed by atoms with Crippen molar-refractivity contribution in [2.24, 2.45) is 113 Å². The Hall–Kier alpha value is -0.740. The molecule has 0 aliphatic carbocycles. The lowest BCUT2D eigenvalue weighted by molar-refractivity contribution is 0.0814. The van der Waals surface area contributed by atoms with Gasteiger partial charge in [-0.1, -0.05) is 296 Å². The molecule has 68 heavy (non-hydrogen) atoms. The summed E-state index contributed by atoms with van der Waals surface area (Å²) in [6.07, 6.45) is 8.14. The Kier molecular flexibility index (Phi) is 36.0. The third-order valence-electron chi connectivity index (χ3n) is 17.3. The number of hydrogen-bond donors (Lipinski definition) is 0. The monoisotopic (exact) mass is 959 g/mol. The molecule has 0 spiro atoms. The third-order valence-corrected chi connectivity index (χ3v) is 17.3. The molecule has 0 aliphatic rings. The molecule has 0 aliphatic heterocycles. The minimum atomic E-state index is 0.289. The van der Waals surface area contributed by atoms with Crippen molar-refractivity contribution in [3.05, 3.63) is 31.0 Å². The molecule has 0 saturated heterocycles. The number of allylic oxidation sites excluding steroid dienone is 2. The molecule has 0 aromatic carbocycles. The molecule has 0 radical (unpaired) electrons. The van der Waals surface area contributed by atoms with Crippen LogP contribution in [-0.2, 0) is 0 Å². The molecular weight excluding hydrogens is 817 g/mol. The van der Waals surface area contributed by atoms with Crippen molar-refractivity contribution in [2.45, 2.75) is 296 Å². The molecule has 0 saturated carbocycles. The lowest BCUT2D eigenvalue weighted by atomic mass is 9.64. The zero-order valence-corrected chi connectivity index (χ0v) is 56.0. The molecule has 0 N–H and O–H groups in total. The second kappa shape index (κ2) is 31.1. The minimum absolute atomic E-state index is 0.289. The molecule has 8 atom stereocenters. The SMILES string of the molecule is C=C=CC(C(C)C(C)(C)C)C(C)(C)C.C=CC(CC(C)C(C)(C)C)C(C)(C)C.CC(C)C(C)(C)C.CC(C)C(C)(C)C.CC(CC(C)C(C)(C)C)C(C)(C)C.CCC(C(C)C(C)(C)C)C(C)(C)C. The van der Waals surface area contributed by atoms with Crippen LogP contribution in [0.1, 0.15) is 296 Å². The van der Waals surface area contributed by atoms with Crippen molar-refractivity contribution in [1.82, 2.24) is 0 Å². The summed E-state index contributed by atoms with van der Waals surface area (Å²) in [5.74, 6) is 7.37. The van der Waals surface area contributed by atoms with Crippen LogP contribution < -0.4 is 0 Å². The van der Waals surface area contributed by atoms with Crippen LogP contribution in [0, 0.1) is 113 Å². The normalized spacial score (nSPS) is 16.9. The van der Waals surface area contributed by atoms with Gasteiger partial charge in [-0.3, -0.25) is 0 Å². The highest BCUT2D eigenvalue weighted by Crippen LogP contribution is 2.44. The van der Waals surface area contributed by atoms with Crippen LogP contribution in [0.15, 0.2) is 31.0 Å². The van der Waals surface area contributed by atoms with Crippen LogP contribution >= 0.6 is 0 Å². The van der Waals surface area contributed by atoms with Crippen LogP contribution in [0.25, 0.3) is 0 Å². The van der Waals surface area contributed by atoms with E-state index in [0.717, 1.165) is 41.4 Å². The second-order valence-corrected chi connectivity index (χ2v) is 33.5. The van der Waals surface area contributed by atoms with Gasteiger partial charge in [0.25, 0.3) is 0 Å². The van der Waals surface area contributed by atoms with Crippen molar-refractivity contribution >= 4 is 0 Å². The Balaban J connectivity index is -0.000000173. The number of hydrogen-bond acceptors (Lipinski definition) is 0. The first-order chi connectivity index (χ1) is 29.2. The Morgan fingerprint density at radius 3 is 0.750 bits per heavy atom. The van der Waals surface area contributed by atoms with E-state index in [9.17, 15) is 0 Å². The summed E-state index contributed by atoms with van der Waals surface area (Å²) in [6, 6.07) is 0. The molecule has 0 aromatic rings. The number of rotatable bonds is 9. The first-order valence-electron chi connectivity index (χ1n) is 28.2. The fraction of sp³-hybridized carbons (Fsp3) is 0.926. The maximum Gasteiger partial charge on any atom is -0.00783 e. The van der Waals surface area contributed by atoms with Gasteiger partial charge in [0.15, 0.2) is 0 Å². The zero-order valence-electron chi connectivity index (χ0n) is 56.0. The predicted molar refractivity (Wildman–Crippen MR) is 324 cm³/mol. The lowest BCUT2D eigenvalue weighted by Gasteiger charge is -2.41. The minimum Gasteiger partial charge on any atom is -0.133 e. The van der Waals surface area contributed by atoms with Gasteiger partial charge in [-0.05, 0) is 132 Å². The van der Waals surface area contributed by atoms with Crippen LogP contribution in [-0.4, -0.2) is 0 Å². The van der Waals surface area contributed by atoms with E-state index in [2.05, 4.69) is 308 Å². The van der Waals surface area contributed by atoms with E-state index in [1.54, 1.807) is 0 Å². The van der Waals surface area contributed by atoms with Gasteiger partial charge in [-0.15, -0.1) is 12.3 Å². The molecular formula is C68H142. The molecule has 0 rings (SSSR count). The van der Waals surface area contributed by atoms with Gasteiger partial charge in [0.1, 0.15) is 0 Å². The van der Waals surface area contributed by atoms with E-state index in [1.165, 1.54) is 19.3 Å². The molecule has 0 heteroatoms. The Bertz CT molecular complexity index is 1250. The van der Waals surface area contributed by atoms with E-state index in [-0.39, 0.29) is 5.41 Å². The fourth-order valence-electron chi connectivity index (χ4n) is 6.90. The smallest absolute Gasteiger partial charge is 0.00783 e. The zero-order chi connectivity index (χ0) is 57.0. The Morgan fingerprint density at radius 2 is 0.618 bits per heavy atom. The fourth-order valence-corrected chi connectivity index (χ4v) is 6.90. The van der Waals surface area contributed by atoms with Crippen molar-refractivity contribution in [1.29, 1.82) is 0 Å². The molecule has 0 fully saturated rings. The van der Waals surface area contributed by atoms with Crippen molar-refractivity contribution in [3.63, 3.8) is 0 Å². The molecule has 0 heterocycles. The standard InChI is InChI=1S/C14H28.C14H26.2C13H28.2C7H16/c1-9-12(14(6,7)8)10-11(2)13(3,4)5;1-9-10-12(14(6,7)8)11(2)13(3,4)5;1-10(12(3,4)5)9-11(2)13(6,7)8;1-9-11(13(6,7)8)10(2)12(3,4)5;2*1-6(2)7(3,4)5/h9,11-12H,1,10H2,2-8H3;10-12H,1H2,2-8H3;2*10-11H,9H2,1-8H3;2*6H,1-5H3. The van der Waals surface area contributed by atoms with Crippen molar-refractivity contribution in [2.75, 3.05) is 0 Å². The van der Waals surface area contributed by atoms with Gasteiger partial charge in [0, 0.05) is 0 Å². The summed E-state index contributed by atoms with van der Waals surface area (Å²) in [7, 11) is 0. The molecule has 0 nitrogen and oxygen atoms in total. The van der Waals surface area contributed by atoms with Gasteiger partial charge in [0.05, 0.1) is 0 Å². The topological polar surface area (TPSA) is 0 Å². The van der Waals surface area contributed by atoms with E-state index in [1.807, 2.05) is 0 Å². The van der Waals surface area contributed by atoms with E-state index < -0.39 is 0 Å². The van der Waals surface area contributed by atoms with Crippen molar-refractivity contribution in [3.8, 4) is 0 Å². The lowest BCUT2D eigenvalue weighted by Crippen LogP contribution is -2.33. The van der Waals surface area contributed by atoms with E-state index >= 15 is 0 Å². The van der Waals surface area contributed by atoms with Crippen LogP contribution in [0.2, 0.25) is 0 Å². The van der Waals surface area contributed by atoms with Gasteiger partial charge >= 0.3 is 0 Å². The van der Waals surface area contributed by atoms with Crippen LogP contribution in [0.5, 0.6) is 0 Å². The molecule has 0 amide bonds. The predicted octanol–water partition coefficient (Wildman–Crippen LogP) is 24.4. The first-order valence-corrected chi connectivity index (χ1v) is 28.2. The van der Waals surface area contributed by atoms with E-state index in [4.69, 9.17) is 0 Å². The van der Waals surface area contributed by atoms with Gasteiger partial charge in [-0.2, -0.15) is 0 Å². The average molecular weight is 960 g/mol. The van der Waals surface area contributed by atoms with Crippen LogP contribution in [0.4, 0.5) is 0 Å². The summed E-state index contributed by atoms with van der Waals surface area (Å²) < 4.78 is 0. The summed E-state index contributed by atoms with van der Waals surface area (Å²) in [5, 5.41) is 0. The quantitative estimate of drug-likeness (QED) is 0.160. The first kappa shape index (κ1) is 78.7. The van der Waals surface area contributed by atoms with Crippen molar-refractivity contribution < 1.29 is 0 Å². The van der Waals surface area contributed by atoms with Gasteiger partial charge in [-0.25, -0.2) is 0 Å². The highest BCUT2D eigenvalue weighted by Gasteiger charge is 2.36. The van der Waals surface area contributed by atoms with Gasteiger partial charge < -0.3 is 0 Å². The second-order valence-electron chi connectivity index (χ2n) is 33.5. The molecule has 8 unspecified atom stereocenters. The molecule has 0 aromatic heterocycles. The average Bonchev–Trinajstić information content (AvgIpc) is 3.06. The summed E-state index contributed by atoms with van der Waals surface area (Å²) >= 11 is 0. The van der Waals surface area contributed by atoms with E-state index in [0.29, 0.717) is 66.5 Å². The van der Waals surface area contributed by atoms with Crippen LogP contribution in [0.3, 0.4) is 0 Å². The largest absolute Gasteiger partial charge is 0.133 e. The highest BCUT2D eigenvalue weighted by molar-refractivity contribution is 4.97. The molecule has 414 valence electrons. The summed E-state index contributed by atoms with van der Waals surface area (Å²) in [4.78, 5) is 0. The highest BCUT2D eigenvalue weighted by atomic mass is 14.4. The maximum absolute atomic E-state index is 3.96. The Labute approximate surface area is 438 Å². The maximum atomic E-state index is 3.96. The molecule has 0 bridgehead atoms. The van der Waals surface area contributed by atoms with Gasteiger partial charge in [0.2, 0.25) is 0 Å².